The fourth-order valence-electron chi connectivity index (χ4n) is 9.10. The van der Waals surface area contributed by atoms with E-state index in [1.807, 2.05) is 62.3 Å². The van der Waals surface area contributed by atoms with Crippen molar-refractivity contribution in [1.82, 2.24) is 10.8 Å². The quantitative estimate of drug-likeness (QED) is 0.0361. The SMILES string of the molecule is C=C(C)OC12COC1C[C@H](O)[C@@]1(C)C(=O)CC3=C(C)C(OC(=O)C(O)C(NC(=O)/C(=C/C)CC)c4ccccc4)C[C@@](O)(C(ONC)C21)C3(C)C.CC.CC.CC.O=CO. The summed E-state index contributed by atoms with van der Waals surface area (Å²) in [7, 11) is 1.54. The van der Waals surface area contributed by atoms with Crippen molar-refractivity contribution in [2.45, 2.75) is 163 Å². The Morgan fingerprint density at radius 2 is 1.65 bits per heavy atom. The van der Waals surface area contributed by atoms with Crippen molar-refractivity contribution in [3.05, 3.63) is 71.0 Å². The zero-order chi connectivity index (χ0) is 46.4. The van der Waals surface area contributed by atoms with E-state index in [-0.39, 0.29) is 38.1 Å². The minimum atomic E-state index is -1.83. The number of carboxylic acid groups (broad SMARTS) is 1. The predicted octanol–water partition coefficient (Wildman–Crippen LogP) is 6.30. The van der Waals surface area contributed by atoms with Crippen molar-refractivity contribution >= 4 is 24.1 Å². The van der Waals surface area contributed by atoms with Crippen molar-refractivity contribution in [2.24, 2.45) is 16.7 Å². The summed E-state index contributed by atoms with van der Waals surface area (Å²) < 4.78 is 18.4. The third-order valence-electron chi connectivity index (χ3n) is 12.3. The van der Waals surface area contributed by atoms with Gasteiger partial charge in [0.25, 0.3) is 6.47 Å². The second kappa shape index (κ2) is 23.3. The number of Topliss-reactive ketones (excluding diaryl/α,β-unsaturated/α-hetero) is 1. The van der Waals surface area contributed by atoms with Gasteiger partial charge in [0.2, 0.25) is 5.91 Å². The highest BCUT2D eigenvalue weighted by Gasteiger charge is 2.76. The van der Waals surface area contributed by atoms with Gasteiger partial charge in [0.1, 0.15) is 29.7 Å². The van der Waals surface area contributed by atoms with Crippen LogP contribution < -0.4 is 10.8 Å². The van der Waals surface area contributed by atoms with Gasteiger partial charge < -0.3 is 40.0 Å². The maximum Gasteiger partial charge on any atom is 0.338 e. The van der Waals surface area contributed by atoms with E-state index in [2.05, 4.69) is 17.4 Å². The lowest BCUT2D eigenvalue weighted by atomic mass is 9.45. The van der Waals surface area contributed by atoms with Crippen LogP contribution in [0.4, 0.5) is 0 Å². The third-order valence-corrected chi connectivity index (χ3v) is 12.3. The number of hydroxylamine groups is 1. The Hall–Kier alpha value is -3.92. The average molecular weight is 847 g/mol. The number of fused-ring (bicyclic) bond motifs is 5. The number of benzene rings is 1. The normalized spacial score (nSPS) is 30.7. The van der Waals surface area contributed by atoms with Crippen LogP contribution in [-0.4, -0.2) is 99.9 Å². The Kier molecular flexibility index (Phi) is 21.0. The molecule has 0 spiro atoms. The molecule has 340 valence electrons. The lowest BCUT2D eigenvalue weighted by molar-refractivity contribution is -0.355. The number of ether oxygens (including phenoxy) is 3. The van der Waals surface area contributed by atoms with E-state index in [1.54, 1.807) is 71.2 Å². The van der Waals surface area contributed by atoms with Crippen molar-refractivity contribution < 1.29 is 58.7 Å². The number of amides is 1. The smallest absolute Gasteiger partial charge is 0.338 e. The molecular weight excluding hydrogens is 773 g/mol. The molecule has 2 saturated carbocycles. The van der Waals surface area contributed by atoms with E-state index in [0.29, 0.717) is 34.5 Å². The van der Waals surface area contributed by atoms with Crippen molar-refractivity contribution in [1.29, 1.82) is 0 Å². The average Bonchev–Trinajstić information content (AvgIpc) is 3.23. The summed E-state index contributed by atoms with van der Waals surface area (Å²) in [5.41, 5.74) is -0.716. The monoisotopic (exact) mass is 847 g/mol. The van der Waals surface area contributed by atoms with Gasteiger partial charge in [0.15, 0.2) is 11.7 Å². The van der Waals surface area contributed by atoms with Gasteiger partial charge in [-0.05, 0) is 45.3 Å². The molecule has 4 aliphatic rings. The fourth-order valence-corrected chi connectivity index (χ4v) is 9.10. The number of aliphatic hydroxyl groups excluding tert-OH is 2. The number of nitrogens with one attached hydrogen (secondary N) is 2. The molecule has 2 bridgehead atoms. The van der Waals surface area contributed by atoms with Crippen molar-refractivity contribution in [3.63, 3.8) is 0 Å². The minimum absolute atomic E-state index is 0.0801. The van der Waals surface area contributed by atoms with Gasteiger partial charge in [-0.2, -0.15) is 0 Å². The van der Waals surface area contributed by atoms with Crippen LogP contribution in [0.1, 0.15) is 127 Å². The Morgan fingerprint density at radius 3 is 2.12 bits per heavy atom. The molecule has 10 atom stereocenters. The Balaban J connectivity index is 0.00000186. The molecule has 6 N–H and O–H groups in total. The second-order valence-corrected chi connectivity index (χ2v) is 15.3. The number of carbonyl (C=O) groups is 4. The summed E-state index contributed by atoms with van der Waals surface area (Å²) in [5.74, 6) is -2.28. The van der Waals surface area contributed by atoms with Crippen LogP contribution in [0.2, 0.25) is 0 Å². The molecule has 5 rings (SSSR count). The van der Waals surface area contributed by atoms with Gasteiger partial charge in [0.05, 0.1) is 29.9 Å². The number of hydrogen-bond acceptors (Lipinski definition) is 12. The first kappa shape index (κ1) is 54.1. The lowest BCUT2D eigenvalue weighted by Crippen LogP contribution is -2.80. The van der Waals surface area contributed by atoms with Crippen LogP contribution in [0.25, 0.3) is 0 Å². The maximum atomic E-state index is 14.7. The van der Waals surface area contributed by atoms with E-state index < -0.39 is 76.4 Å². The highest BCUT2D eigenvalue weighted by molar-refractivity contribution is 5.94. The Labute approximate surface area is 357 Å². The Morgan fingerprint density at radius 1 is 1.08 bits per heavy atom. The standard InChI is InChI=1S/C39H54N2O10.3C2H6.CH2O2/c1-10-23(11-2)34(45)41-30(24-15-13-12-14-16-24)31(44)35(46)49-26-19-39(47)33(51-40-9)32-37(8,27(42)17-25(22(26)5)36(39,6)7)28(43)18-29-38(32,20-48-29)50-21(3)4;3*1-2;2-1-3/h10,12-16,26,28-33,40,43-44,47H,3,11,17-20H2,1-2,4-9H3,(H,41,45);3*1-2H3;1H,(H,2,3)/b23-10+;;;;/t26?,28-,29?,30?,31?,32?,33?,37+,38?,39+;;;;/m0..../s1. The Bertz CT molecular complexity index is 1660. The molecular formula is C46H74N2O12. The maximum absolute atomic E-state index is 14.7. The summed E-state index contributed by atoms with van der Waals surface area (Å²) in [5, 5.41) is 46.1. The zero-order valence-corrected chi connectivity index (χ0v) is 38.4. The number of rotatable bonds is 11. The summed E-state index contributed by atoms with van der Waals surface area (Å²) in [6, 6.07) is 7.50. The van der Waals surface area contributed by atoms with Crippen LogP contribution >= 0.6 is 0 Å². The molecule has 7 unspecified atom stereocenters. The molecule has 0 radical (unpaired) electrons. The van der Waals surface area contributed by atoms with Crippen LogP contribution in [0, 0.1) is 16.7 Å². The van der Waals surface area contributed by atoms with Gasteiger partial charge in [-0.1, -0.05) is 111 Å². The largest absolute Gasteiger partial charge is 0.487 e. The first-order valence-corrected chi connectivity index (χ1v) is 21.3. The molecule has 1 heterocycles. The molecule has 1 aromatic carbocycles. The fraction of sp³-hybridized carbons (Fsp3) is 0.652. The first-order chi connectivity index (χ1) is 28.4. The van der Waals surface area contributed by atoms with Gasteiger partial charge in [0, 0.05) is 43.2 Å². The highest BCUT2D eigenvalue weighted by Crippen LogP contribution is 2.64. The van der Waals surface area contributed by atoms with Crippen LogP contribution in [0.5, 0.6) is 0 Å². The molecule has 14 heteroatoms. The van der Waals surface area contributed by atoms with Crippen LogP contribution in [-0.2, 0) is 38.2 Å². The lowest BCUT2D eigenvalue weighted by Gasteiger charge is -2.67. The summed E-state index contributed by atoms with van der Waals surface area (Å²) in [6.45, 7) is 28.2. The topological polar surface area (TPSA) is 210 Å². The molecule has 1 aliphatic heterocycles. The van der Waals surface area contributed by atoms with E-state index in [4.69, 9.17) is 28.9 Å². The molecule has 14 nitrogen and oxygen atoms in total. The number of aliphatic hydroxyl groups is 3. The van der Waals surface area contributed by atoms with E-state index in [9.17, 15) is 29.7 Å². The number of carbonyl (C=O) groups excluding carboxylic acids is 3. The van der Waals surface area contributed by atoms with Gasteiger partial charge in [-0.3, -0.25) is 19.2 Å². The second-order valence-electron chi connectivity index (χ2n) is 15.3. The molecule has 1 amide bonds. The first-order valence-electron chi connectivity index (χ1n) is 21.3. The van der Waals surface area contributed by atoms with Crippen LogP contribution in [0.15, 0.2) is 65.5 Å². The summed E-state index contributed by atoms with van der Waals surface area (Å²) in [4.78, 5) is 56.3. The van der Waals surface area contributed by atoms with E-state index in [0.717, 1.165) is 0 Å². The molecule has 0 aromatic heterocycles. The van der Waals surface area contributed by atoms with E-state index >= 15 is 0 Å². The number of hydrogen-bond donors (Lipinski definition) is 6. The zero-order valence-electron chi connectivity index (χ0n) is 38.4. The molecule has 1 saturated heterocycles. The summed E-state index contributed by atoms with van der Waals surface area (Å²) in [6.07, 6.45) is -3.90. The van der Waals surface area contributed by atoms with Crippen molar-refractivity contribution in [3.8, 4) is 0 Å². The summed E-state index contributed by atoms with van der Waals surface area (Å²) >= 11 is 0. The van der Waals surface area contributed by atoms with Gasteiger partial charge >= 0.3 is 5.97 Å². The highest BCUT2D eigenvalue weighted by atomic mass is 16.7. The molecule has 3 fully saturated rings. The molecule has 60 heavy (non-hydrogen) atoms. The predicted molar refractivity (Wildman–Crippen MR) is 230 cm³/mol. The molecule has 1 aromatic rings. The van der Waals surface area contributed by atoms with Gasteiger partial charge in [-0.25, -0.2) is 10.3 Å². The van der Waals surface area contributed by atoms with Crippen molar-refractivity contribution in [2.75, 3.05) is 13.7 Å². The van der Waals surface area contributed by atoms with Gasteiger partial charge in [-0.15, -0.1) is 0 Å². The number of allylic oxidation sites excluding steroid dienone is 2. The van der Waals surface area contributed by atoms with E-state index in [1.165, 1.54) is 0 Å². The molecule has 3 aliphatic carbocycles. The van der Waals surface area contributed by atoms with Crippen LogP contribution in [0.3, 0.4) is 0 Å². The number of ketones is 1. The minimum Gasteiger partial charge on any atom is -0.487 e. The number of esters is 1. The third kappa shape index (κ3) is 10.2.